The molecule has 0 aliphatic heterocycles. The third-order valence-electron chi connectivity index (χ3n) is 3.38. The molecule has 0 saturated heterocycles. The molecule has 0 aromatic heterocycles. The zero-order valence-corrected chi connectivity index (χ0v) is 12.0. The van der Waals surface area contributed by atoms with E-state index in [2.05, 4.69) is 13.8 Å². The van der Waals surface area contributed by atoms with Gasteiger partial charge in [0.2, 0.25) is 5.91 Å². The lowest BCUT2D eigenvalue weighted by atomic mass is 10.0. The Morgan fingerprint density at radius 3 is 2.44 bits per heavy atom. The highest BCUT2D eigenvalue weighted by Gasteiger charge is 2.16. The lowest BCUT2D eigenvalue weighted by Gasteiger charge is -2.24. The predicted octanol–water partition coefficient (Wildman–Crippen LogP) is 1.76. The summed E-state index contributed by atoms with van der Waals surface area (Å²) in [5.41, 5.74) is 5.63. The van der Waals surface area contributed by atoms with Gasteiger partial charge in [-0.1, -0.05) is 39.5 Å². The van der Waals surface area contributed by atoms with Gasteiger partial charge in [-0.3, -0.25) is 4.79 Å². The lowest BCUT2D eigenvalue weighted by molar-refractivity contribution is -0.132. The van der Waals surface area contributed by atoms with Crippen LogP contribution < -0.4 is 5.73 Å². The second-order valence-electron chi connectivity index (χ2n) is 4.88. The van der Waals surface area contributed by atoms with Crippen molar-refractivity contribution in [3.63, 3.8) is 0 Å². The van der Waals surface area contributed by atoms with Crippen LogP contribution in [-0.4, -0.2) is 42.2 Å². The number of nitrogens with zero attached hydrogens (tertiary/aromatic N) is 1. The molecule has 0 saturated carbocycles. The molecule has 0 radical (unpaired) electrons. The average Bonchev–Trinajstić information content (AvgIpc) is 2.39. The minimum Gasteiger partial charge on any atom is -0.395 e. The Hall–Kier alpha value is -0.610. The van der Waals surface area contributed by atoms with E-state index in [9.17, 15) is 4.79 Å². The van der Waals surface area contributed by atoms with Crippen LogP contribution in [0.1, 0.15) is 52.4 Å². The zero-order chi connectivity index (χ0) is 13.8. The second-order valence-corrected chi connectivity index (χ2v) is 4.88. The second kappa shape index (κ2) is 11.5. The smallest absolute Gasteiger partial charge is 0.222 e. The summed E-state index contributed by atoms with van der Waals surface area (Å²) in [7, 11) is 0. The molecule has 0 aliphatic carbocycles. The van der Waals surface area contributed by atoms with Crippen molar-refractivity contribution in [1.82, 2.24) is 4.90 Å². The van der Waals surface area contributed by atoms with E-state index in [-0.39, 0.29) is 18.4 Å². The van der Waals surface area contributed by atoms with Crippen molar-refractivity contribution in [2.45, 2.75) is 52.4 Å². The van der Waals surface area contributed by atoms with Crippen molar-refractivity contribution in [1.29, 1.82) is 0 Å². The number of hydrogen-bond donors (Lipinski definition) is 2. The fourth-order valence-corrected chi connectivity index (χ4v) is 1.98. The SMILES string of the molecule is CCCCCCN(CCO)C(=O)CC(CC)CN. The number of carbonyl (C=O) groups is 1. The molecule has 18 heavy (non-hydrogen) atoms. The average molecular weight is 258 g/mol. The summed E-state index contributed by atoms with van der Waals surface area (Å²) in [6.07, 6.45) is 6.03. The number of aliphatic hydroxyl groups excluding tert-OH is 1. The van der Waals surface area contributed by atoms with E-state index in [0.29, 0.717) is 19.5 Å². The highest BCUT2D eigenvalue weighted by atomic mass is 16.3. The van der Waals surface area contributed by atoms with Gasteiger partial charge in [0.05, 0.1) is 6.61 Å². The van der Waals surface area contributed by atoms with Crippen LogP contribution >= 0.6 is 0 Å². The first-order valence-electron chi connectivity index (χ1n) is 7.28. The first kappa shape index (κ1) is 17.4. The summed E-state index contributed by atoms with van der Waals surface area (Å²) in [5.74, 6) is 0.409. The molecule has 3 N–H and O–H groups in total. The number of unbranched alkanes of at least 4 members (excludes halogenated alkanes) is 3. The van der Waals surface area contributed by atoms with Crippen molar-refractivity contribution >= 4 is 5.91 Å². The van der Waals surface area contributed by atoms with Gasteiger partial charge in [0.15, 0.2) is 0 Å². The van der Waals surface area contributed by atoms with Gasteiger partial charge < -0.3 is 15.7 Å². The monoisotopic (exact) mass is 258 g/mol. The Bertz CT molecular complexity index is 206. The molecule has 1 unspecified atom stereocenters. The zero-order valence-electron chi connectivity index (χ0n) is 12.0. The topological polar surface area (TPSA) is 66.6 Å². The number of rotatable bonds is 11. The molecule has 0 heterocycles. The fraction of sp³-hybridized carbons (Fsp3) is 0.929. The molecule has 0 aromatic carbocycles. The van der Waals surface area contributed by atoms with E-state index >= 15 is 0 Å². The number of carbonyl (C=O) groups excluding carboxylic acids is 1. The van der Waals surface area contributed by atoms with Crippen LogP contribution in [0, 0.1) is 5.92 Å². The van der Waals surface area contributed by atoms with Gasteiger partial charge in [-0.05, 0) is 18.9 Å². The van der Waals surface area contributed by atoms with Crippen LogP contribution in [0.5, 0.6) is 0 Å². The van der Waals surface area contributed by atoms with E-state index in [1.807, 2.05) is 0 Å². The molecule has 0 rings (SSSR count). The maximum Gasteiger partial charge on any atom is 0.222 e. The molecular weight excluding hydrogens is 228 g/mol. The molecule has 0 aromatic rings. The summed E-state index contributed by atoms with van der Waals surface area (Å²) in [6, 6.07) is 0. The third kappa shape index (κ3) is 7.67. The Balaban J connectivity index is 4.08. The molecule has 4 nitrogen and oxygen atoms in total. The Labute approximate surface area is 112 Å². The normalized spacial score (nSPS) is 12.4. The molecule has 0 spiro atoms. The van der Waals surface area contributed by atoms with Crippen molar-refractivity contribution in [2.24, 2.45) is 11.7 Å². The number of amides is 1. The number of hydrogen-bond acceptors (Lipinski definition) is 3. The molecule has 0 aliphatic rings. The summed E-state index contributed by atoms with van der Waals surface area (Å²) in [4.78, 5) is 13.9. The minimum atomic E-state index is 0.0406. The van der Waals surface area contributed by atoms with Gasteiger partial charge in [-0.2, -0.15) is 0 Å². The van der Waals surface area contributed by atoms with Crippen LogP contribution in [0.15, 0.2) is 0 Å². The maximum atomic E-state index is 12.1. The molecule has 108 valence electrons. The quantitative estimate of drug-likeness (QED) is 0.555. The maximum absolute atomic E-state index is 12.1. The van der Waals surface area contributed by atoms with Crippen molar-refractivity contribution in [3.8, 4) is 0 Å². The first-order valence-corrected chi connectivity index (χ1v) is 7.28. The van der Waals surface area contributed by atoms with E-state index in [4.69, 9.17) is 10.8 Å². The van der Waals surface area contributed by atoms with E-state index < -0.39 is 0 Å². The molecular formula is C14H30N2O2. The molecule has 4 heteroatoms. The largest absolute Gasteiger partial charge is 0.395 e. The van der Waals surface area contributed by atoms with Gasteiger partial charge in [-0.25, -0.2) is 0 Å². The molecule has 1 atom stereocenters. The van der Waals surface area contributed by atoms with Crippen LogP contribution in [0.4, 0.5) is 0 Å². The van der Waals surface area contributed by atoms with Crippen molar-refractivity contribution in [2.75, 3.05) is 26.2 Å². The van der Waals surface area contributed by atoms with Gasteiger partial charge in [-0.15, -0.1) is 0 Å². The number of aliphatic hydroxyl groups is 1. The standard InChI is InChI=1S/C14H30N2O2/c1-3-5-6-7-8-16(9-10-17)14(18)11-13(4-2)12-15/h13,17H,3-12,15H2,1-2H3. The van der Waals surface area contributed by atoms with E-state index in [0.717, 1.165) is 25.8 Å². The molecule has 0 fully saturated rings. The van der Waals surface area contributed by atoms with Gasteiger partial charge in [0.25, 0.3) is 0 Å². The van der Waals surface area contributed by atoms with Crippen LogP contribution in [0.25, 0.3) is 0 Å². The van der Waals surface area contributed by atoms with Crippen molar-refractivity contribution < 1.29 is 9.90 Å². The van der Waals surface area contributed by atoms with Crippen LogP contribution in [-0.2, 0) is 4.79 Å². The Kier molecular flexibility index (Phi) is 11.1. The fourth-order valence-electron chi connectivity index (χ4n) is 1.98. The van der Waals surface area contributed by atoms with E-state index in [1.165, 1.54) is 12.8 Å². The van der Waals surface area contributed by atoms with Gasteiger partial charge in [0, 0.05) is 19.5 Å². The highest BCUT2D eigenvalue weighted by Crippen LogP contribution is 2.10. The van der Waals surface area contributed by atoms with Gasteiger partial charge in [0.1, 0.15) is 0 Å². The predicted molar refractivity (Wildman–Crippen MR) is 75.3 cm³/mol. The summed E-state index contributed by atoms with van der Waals surface area (Å²) < 4.78 is 0. The number of nitrogens with two attached hydrogens (primary N) is 1. The van der Waals surface area contributed by atoms with E-state index in [1.54, 1.807) is 4.90 Å². The van der Waals surface area contributed by atoms with Crippen LogP contribution in [0.3, 0.4) is 0 Å². The van der Waals surface area contributed by atoms with Crippen LogP contribution in [0.2, 0.25) is 0 Å². The summed E-state index contributed by atoms with van der Waals surface area (Å²) in [5, 5.41) is 9.02. The highest BCUT2D eigenvalue weighted by molar-refractivity contribution is 5.76. The minimum absolute atomic E-state index is 0.0406. The first-order chi connectivity index (χ1) is 8.69. The van der Waals surface area contributed by atoms with Crippen molar-refractivity contribution in [3.05, 3.63) is 0 Å². The Morgan fingerprint density at radius 2 is 1.94 bits per heavy atom. The summed E-state index contributed by atoms with van der Waals surface area (Å²) in [6.45, 7) is 6.04. The Morgan fingerprint density at radius 1 is 1.22 bits per heavy atom. The van der Waals surface area contributed by atoms with Gasteiger partial charge >= 0.3 is 0 Å². The third-order valence-corrected chi connectivity index (χ3v) is 3.38. The lowest BCUT2D eigenvalue weighted by Crippen LogP contribution is -2.36. The summed E-state index contributed by atoms with van der Waals surface area (Å²) >= 11 is 0. The molecule has 0 bridgehead atoms. The molecule has 1 amide bonds.